The third kappa shape index (κ3) is 6.15. The van der Waals surface area contributed by atoms with Crippen molar-refractivity contribution in [1.29, 1.82) is 0 Å². The predicted octanol–water partition coefficient (Wildman–Crippen LogP) is 3.99. The normalized spacial score (nSPS) is 20.4. The molecule has 0 saturated carbocycles. The molecule has 3 aromatic rings. The monoisotopic (exact) mass is 584 g/mol. The molecule has 6 rings (SSSR count). The van der Waals surface area contributed by atoms with Gasteiger partial charge in [-0.1, -0.05) is 12.6 Å². The van der Waals surface area contributed by atoms with Crippen LogP contribution in [0.15, 0.2) is 61.2 Å². The van der Waals surface area contributed by atoms with Gasteiger partial charge in [-0.15, -0.1) is 0 Å². The van der Waals surface area contributed by atoms with E-state index in [1.807, 2.05) is 24.3 Å². The van der Waals surface area contributed by atoms with E-state index >= 15 is 0 Å². The molecule has 2 fully saturated rings. The summed E-state index contributed by atoms with van der Waals surface area (Å²) in [6, 6.07) is 15.5. The van der Waals surface area contributed by atoms with Crippen LogP contribution in [0.2, 0.25) is 0 Å². The van der Waals surface area contributed by atoms with Crippen molar-refractivity contribution < 1.29 is 14.6 Å². The van der Waals surface area contributed by atoms with E-state index in [0.717, 1.165) is 63.4 Å². The fraction of sp³-hybridized carbons (Fsp3) is 0.406. The third-order valence-corrected chi connectivity index (χ3v) is 8.62. The van der Waals surface area contributed by atoms with E-state index in [1.54, 1.807) is 12.1 Å². The first kappa shape index (κ1) is 28.9. The Morgan fingerprint density at radius 3 is 2.56 bits per heavy atom. The molecule has 0 spiro atoms. The second-order valence-corrected chi connectivity index (χ2v) is 11.4. The molecule has 1 amide bonds. The summed E-state index contributed by atoms with van der Waals surface area (Å²) in [4.78, 5) is 28.9. The van der Waals surface area contributed by atoms with E-state index in [9.17, 15) is 9.90 Å². The maximum atomic E-state index is 11.9. The molecular weight excluding hydrogens is 544 g/mol. The number of nitrogens with one attached hydrogen (secondary N) is 3. The van der Waals surface area contributed by atoms with Gasteiger partial charge in [-0.05, 0) is 81.9 Å². The lowest BCUT2D eigenvalue weighted by Gasteiger charge is -2.38. The van der Waals surface area contributed by atoms with Crippen molar-refractivity contribution in [2.45, 2.75) is 24.8 Å². The molecule has 2 aromatic carbocycles. The van der Waals surface area contributed by atoms with Crippen LogP contribution in [0.5, 0.6) is 11.6 Å². The summed E-state index contributed by atoms with van der Waals surface area (Å²) < 4.78 is 6.50. The average molecular weight is 585 g/mol. The first-order chi connectivity index (χ1) is 21.0. The number of aliphatic hydroxyl groups excluding tert-OH is 1. The van der Waals surface area contributed by atoms with Crippen LogP contribution in [0.1, 0.15) is 24.8 Å². The van der Waals surface area contributed by atoms with E-state index in [2.05, 4.69) is 56.4 Å². The minimum absolute atomic E-state index is 0.0276. The number of carbonyl (C=O) groups excluding carboxylic acids is 1. The first-order valence-corrected chi connectivity index (χ1v) is 15.0. The lowest BCUT2D eigenvalue weighted by Crippen LogP contribution is -2.47. The molecular formula is C32H40N8O3. The van der Waals surface area contributed by atoms with Gasteiger partial charge in [0.25, 0.3) is 0 Å². The van der Waals surface area contributed by atoms with Crippen molar-refractivity contribution in [3.8, 4) is 11.6 Å². The van der Waals surface area contributed by atoms with Gasteiger partial charge in [-0.3, -0.25) is 9.69 Å². The number of hydrogen-bond acceptors (Lipinski definition) is 10. The molecule has 0 radical (unpaired) electrons. The van der Waals surface area contributed by atoms with Crippen LogP contribution in [0.3, 0.4) is 0 Å². The molecule has 3 aliphatic rings. The lowest BCUT2D eigenvalue weighted by atomic mass is 9.88. The number of anilines is 5. The van der Waals surface area contributed by atoms with E-state index in [1.165, 1.54) is 11.8 Å². The zero-order valence-corrected chi connectivity index (χ0v) is 24.7. The molecule has 1 atom stereocenters. The average Bonchev–Trinajstić information content (AvgIpc) is 3.68. The Balaban J connectivity index is 1.33. The molecule has 11 nitrogen and oxygen atoms in total. The van der Waals surface area contributed by atoms with E-state index < -0.39 is 5.54 Å². The van der Waals surface area contributed by atoms with Crippen molar-refractivity contribution in [1.82, 2.24) is 19.8 Å². The van der Waals surface area contributed by atoms with E-state index in [-0.39, 0.29) is 12.5 Å². The van der Waals surface area contributed by atoms with Crippen LogP contribution in [0.4, 0.5) is 28.8 Å². The second-order valence-electron chi connectivity index (χ2n) is 11.4. The summed E-state index contributed by atoms with van der Waals surface area (Å²) in [5.74, 6) is 1.74. The molecule has 2 saturated heterocycles. The van der Waals surface area contributed by atoms with Crippen molar-refractivity contribution in [2.24, 2.45) is 0 Å². The lowest BCUT2D eigenvalue weighted by molar-refractivity contribution is -0.111. The van der Waals surface area contributed by atoms with Gasteiger partial charge in [0.2, 0.25) is 17.7 Å². The van der Waals surface area contributed by atoms with Crippen LogP contribution < -0.4 is 25.6 Å². The number of aromatic nitrogens is 2. The zero-order valence-electron chi connectivity index (χ0n) is 24.7. The van der Waals surface area contributed by atoms with Crippen LogP contribution in [0, 0.1) is 0 Å². The van der Waals surface area contributed by atoms with E-state index in [0.29, 0.717) is 42.0 Å². The van der Waals surface area contributed by atoms with Gasteiger partial charge >= 0.3 is 0 Å². The van der Waals surface area contributed by atoms with Crippen LogP contribution >= 0.6 is 0 Å². The summed E-state index contributed by atoms with van der Waals surface area (Å²) in [6.07, 6.45) is 3.97. The highest BCUT2D eigenvalue weighted by Crippen LogP contribution is 2.48. The van der Waals surface area contributed by atoms with Crippen molar-refractivity contribution in [3.63, 3.8) is 0 Å². The summed E-state index contributed by atoms with van der Waals surface area (Å²) >= 11 is 0. The molecule has 226 valence electrons. The van der Waals surface area contributed by atoms with Gasteiger partial charge in [0.15, 0.2) is 0 Å². The van der Waals surface area contributed by atoms with Gasteiger partial charge in [0, 0.05) is 62.5 Å². The number of nitrogens with zero attached hydrogens (tertiary/aromatic N) is 5. The molecule has 0 bridgehead atoms. The van der Waals surface area contributed by atoms with E-state index in [4.69, 9.17) is 14.7 Å². The highest BCUT2D eigenvalue weighted by atomic mass is 16.5. The predicted molar refractivity (Wildman–Crippen MR) is 169 cm³/mol. The summed E-state index contributed by atoms with van der Waals surface area (Å²) in [5, 5.41) is 19.8. The van der Waals surface area contributed by atoms with Gasteiger partial charge in [-0.2, -0.15) is 9.97 Å². The quantitative estimate of drug-likeness (QED) is 0.261. The number of rotatable bonds is 10. The first-order valence-electron chi connectivity index (χ1n) is 15.0. The SMILES string of the molecule is C=CC(=O)Nc1cccc(Oc2nc(Nc3ccc(N4CCN(C)CC4)cc3)nc3c2C(CCO)(N2CCCC2)CN3)c1. The Morgan fingerprint density at radius 2 is 1.84 bits per heavy atom. The highest BCUT2D eigenvalue weighted by molar-refractivity contribution is 5.98. The number of likely N-dealkylation sites (N-methyl/N-ethyl adjacent to an activating group) is 1. The number of carbonyl (C=O) groups is 1. The Morgan fingerprint density at radius 1 is 1.07 bits per heavy atom. The van der Waals surface area contributed by atoms with Gasteiger partial charge in [0.05, 0.1) is 11.1 Å². The molecule has 43 heavy (non-hydrogen) atoms. The molecule has 1 unspecified atom stereocenters. The van der Waals surface area contributed by atoms with Gasteiger partial charge in [-0.25, -0.2) is 0 Å². The Kier molecular flexibility index (Phi) is 8.46. The second kappa shape index (κ2) is 12.6. The largest absolute Gasteiger partial charge is 0.438 e. The summed E-state index contributed by atoms with van der Waals surface area (Å²) in [5.41, 5.74) is 3.01. The number of amides is 1. The number of ether oxygens (including phenoxy) is 1. The van der Waals surface area contributed by atoms with Crippen molar-refractivity contribution >= 4 is 34.7 Å². The molecule has 4 heterocycles. The molecule has 11 heteroatoms. The van der Waals surface area contributed by atoms with Gasteiger partial charge in [0.1, 0.15) is 11.6 Å². The number of hydrogen-bond donors (Lipinski definition) is 4. The molecule has 3 aliphatic heterocycles. The topological polar surface area (TPSA) is 118 Å². The Hall–Kier alpha value is -4.19. The van der Waals surface area contributed by atoms with Crippen LogP contribution in [-0.4, -0.2) is 90.2 Å². The van der Waals surface area contributed by atoms with Gasteiger partial charge < -0.3 is 35.6 Å². The maximum Gasteiger partial charge on any atom is 0.247 e. The third-order valence-electron chi connectivity index (χ3n) is 8.62. The highest BCUT2D eigenvalue weighted by Gasteiger charge is 2.48. The fourth-order valence-corrected chi connectivity index (χ4v) is 6.30. The minimum Gasteiger partial charge on any atom is -0.438 e. The minimum atomic E-state index is -0.493. The number of likely N-dealkylation sites (tertiary alicyclic amines) is 1. The standard InChI is InChI=1S/C32H40N8O3/c1-3-27(42)34-24-7-6-8-26(21-24)43-30-28-29(33-22-32(28,13-20-41)40-14-4-5-15-40)36-31(37-30)35-23-9-11-25(12-10-23)39-18-16-38(2)17-19-39/h3,6-12,21,41H,1,4-5,13-20,22H2,2H3,(H,34,42)(H2,33,35,36,37). The Bertz CT molecular complexity index is 1450. The van der Waals surface area contributed by atoms with Crippen molar-refractivity contribution in [3.05, 3.63) is 66.7 Å². The summed E-state index contributed by atoms with van der Waals surface area (Å²) in [7, 11) is 2.16. The van der Waals surface area contributed by atoms with Crippen LogP contribution in [0.25, 0.3) is 0 Å². The summed E-state index contributed by atoms with van der Waals surface area (Å²) in [6.45, 7) is 10.2. The smallest absolute Gasteiger partial charge is 0.247 e. The molecule has 0 aliphatic carbocycles. The van der Waals surface area contributed by atoms with Crippen LogP contribution in [-0.2, 0) is 10.3 Å². The number of aliphatic hydroxyl groups is 1. The number of benzene rings is 2. The maximum absolute atomic E-state index is 11.9. The van der Waals surface area contributed by atoms with Crippen molar-refractivity contribution in [2.75, 3.05) is 80.3 Å². The zero-order chi connectivity index (χ0) is 29.8. The molecule has 4 N–H and O–H groups in total. The number of piperazine rings is 1. The fourth-order valence-electron chi connectivity index (χ4n) is 6.30. The number of fused-ring (bicyclic) bond motifs is 1. The Labute approximate surface area is 252 Å². The molecule has 1 aromatic heterocycles.